The number of carbonyl (C=O) groups excluding carboxylic acids is 3. The van der Waals surface area contributed by atoms with Crippen LogP contribution in [0.1, 0.15) is 55.7 Å². The Morgan fingerprint density at radius 3 is 2.07 bits per heavy atom. The molecule has 0 saturated carbocycles. The number of thiol groups is 1. The second kappa shape index (κ2) is 15.1. The van der Waals surface area contributed by atoms with Crippen molar-refractivity contribution in [3.63, 3.8) is 0 Å². The number of amides is 3. The Bertz CT molecular complexity index is 1220. The minimum Gasteiger partial charge on any atom is -0.481 e. The first kappa shape index (κ1) is 31.5. The highest BCUT2D eigenvalue weighted by atomic mass is 32.1. The van der Waals surface area contributed by atoms with E-state index in [-0.39, 0.29) is 30.9 Å². The molecule has 0 radical (unpaired) electrons. The van der Waals surface area contributed by atoms with Crippen LogP contribution in [0.25, 0.3) is 11.1 Å². The van der Waals surface area contributed by atoms with E-state index in [1.807, 2.05) is 48.5 Å². The number of benzene rings is 2. The largest absolute Gasteiger partial charge is 0.481 e. The van der Waals surface area contributed by atoms with Crippen molar-refractivity contribution in [2.24, 2.45) is 0 Å². The number of carboxylic acids is 2. The molecular formula is C29H35N3O8S. The molecule has 0 saturated heterocycles. The summed E-state index contributed by atoms with van der Waals surface area (Å²) in [6.07, 6.45) is 0.438. The summed E-state index contributed by atoms with van der Waals surface area (Å²) in [5.41, 5.74) is 3.76. The van der Waals surface area contributed by atoms with Gasteiger partial charge in [0, 0.05) is 25.1 Å². The van der Waals surface area contributed by atoms with Gasteiger partial charge in [0.2, 0.25) is 11.8 Å². The molecular weight excluding hydrogens is 550 g/mol. The number of methoxy groups -OCH3 is 1. The first-order valence-electron chi connectivity index (χ1n) is 13.4. The number of nitrogens with zero attached hydrogens (tertiary/aromatic N) is 1. The number of fused-ring (bicyclic) bond motifs is 3. The van der Waals surface area contributed by atoms with E-state index >= 15 is 0 Å². The van der Waals surface area contributed by atoms with Crippen LogP contribution < -0.4 is 10.6 Å². The van der Waals surface area contributed by atoms with E-state index in [0.29, 0.717) is 25.8 Å². The Morgan fingerprint density at radius 1 is 0.927 bits per heavy atom. The molecule has 1 aliphatic rings. The summed E-state index contributed by atoms with van der Waals surface area (Å²) < 4.78 is 5.11. The Kier molecular flexibility index (Phi) is 11.6. The highest BCUT2D eigenvalue weighted by Gasteiger charge is 2.41. The topological polar surface area (TPSA) is 162 Å². The van der Waals surface area contributed by atoms with Crippen molar-refractivity contribution >= 4 is 42.5 Å². The first-order valence-corrected chi connectivity index (χ1v) is 14.0. The Morgan fingerprint density at radius 2 is 1.54 bits per heavy atom. The van der Waals surface area contributed by atoms with E-state index in [2.05, 4.69) is 23.3 Å². The molecule has 12 heteroatoms. The third-order valence-corrected chi connectivity index (χ3v) is 7.28. The van der Waals surface area contributed by atoms with Gasteiger partial charge in [-0.25, -0.2) is 9.59 Å². The van der Waals surface area contributed by atoms with Gasteiger partial charge in [-0.2, -0.15) is 12.6 Å². The third kappa shape index (κ3) is 8.00. The van der Waals surface area contributed by atoms with Crippen LogP contribution >= 0.6 is 12.6 Å². The minimum atomic E-state index is -1.29. The molecule has 3 amide bonds. The van der Waals surface area contributed by atoms with E-state index in [4.69, 9.17) is 14.9 Å². The van der Waals surface area contributed by atoms with Gasteiger partial charge in [-0.3, -0.25) is 19.3 Å². The van der Waals surface area contributed by atoms with Crippen LogP contribution in [0.3, 0.4) is 0 Å². The molecule has 0 heterocycles. The van der Waals surface area contributed by atoms with Crippen molar-refractivity contribution in [3.05, 3.63) is 59.7 Å². The summed E-state index contributed by atoms with van der Waals surface area (Å²) in [6.45, 7) is 0.300. The van der Waals surface area contributed by atoms with Crippen molar-refractivity contribution in [1.29, 1.82) is 0 Å². The van der Waals surface area contributed by atoms with Crippen LogP contribution in [0.5, 0.6) is 0 Å². The molecule has 0 aromatic heterocycles. The van der Waals surface area contributed by atoms with Gasteiger partial charge in [-0.1, -0.05) is 55.0 Å². The lowest BCUT2D eigenvalue weighted by Crippen LogP contribution is -2.52. The number of carboxylic acid groups (broad SMARTS) is 2. The zero-order valence-electron chi connectivity index (χ0n) is 22.7. The Labute approximate surface area is 243 Å². The fourth-order valence-electron chi connectivity index (χ4n) is 4.95. The van der Waals surface area contributed by atoms with Gasteiger partial charge in [-0.15, -0.1) is 0 Å². The highest BCUT2D eigenvalue weighted by Crippen LogP contribution is 2.47. The minimum absolute atomic E-state index is 0.0640. The second-order valence-electron chi connectivity index (χ2n) is 9.65. The molecule has 220 valence electrons. The van der Waals surface area contributed by atoms with Crippen LogP contribution in [0.2, 0.25) is 0 Å². The molecule has 0 aliphatic heterocycles. The van der Waals surface area contributed by atoms with Gasteiger partial charge >= 0.3 is 18.0 Å². The third-order valence-electron chi connectivity index (χ3n) is 6.94. The van der Waals surface area contributed by atoms with E-state index < -0.39 is 42.1 Å². The SMILES string of the molecule is COC(=O)N(C(CS)C(=O)NCCCCCC(=O)NC(CCC(=O)O)C(=O)O)C1c2ccccc2-c2ccccc21. The number of aliphatic carboxylic acids is 2. The average Bonchev–Trinajstić information content (AvgIpc) is 3.29. The molecule has 2 unspecified atom stereocenters. The molecule has 0 fully saturated rings. The lowest BCUT2D eigenvalue weighted by molar-refractivity contribution is -0.143. The van der Waals surface area contributed by atoms with Gasteiger partial charge in [0.05, 0.1) is 13.2 Å². The number of unbranched alkanes of at least 4 members (excludes halogenated alkanes) is 2. The van der Waals surface area contributed by atoms with Crippen molar-refractivity contribution in [1.82, 2.24) is 15.5 Å². The summed E-state index contributed by atoms with van der Waals surface area (Å²) in [6, 6.07) is 12.8. The maximum Gasteiger partial charge on any atom is 0.410 e. The number of carbonyl (C=O) groups is 5. The van der Waals surface area contributed by atoms with Gasteiger partial charge < -0.3 is 25.6 Å². The zero-order valence-corrected chi connectivity index (χ0v) is 23.6. The molecule has 2 aromatic carbocycles. The van der Waals surface area contributed by atoms with E-state index in [0.717, 1.165) is 22.3 Å². The van der Waals surface area contributed by atoms with Crippen LogP contribution in [-0.4, -0.2) is 76.5 Å². The highest BCUT2D eigenvalue weighted by molar-refractivity contribution is 7.80. The molecule has 41 heavy (non-hydrogen) atoms. The summed E-state index contributed by atoms with van der Waals surface area (Å²) in [7, 11) is 1.27. The number of rotatable bonds is 15. The predicted octanol–water partition coefficient (Wildman–Crippen LogP) is 3.23. The first-order chi connectivity index (χ1) is 19.7. The standard InChI is InChI=1S/C29H35N3O8S/c1-40-29(39)32(26-20-11-6-4-9-18(20)19-10-5-7-12-21(19)26)23(17-41)27(36)30-16-8-2-3-13-24(33)31-22(28(37)38)14-15-25(34)35/h4-7,9-12,22-23,26,41H,2-3,8,13-17H2,1H3,(H,30,36)(H,31,33)(H,34,35)(H,37,38). The quantitative estimate of drug-likeness (QED) is 0.157. The van der Waals surface area contributed by atoms with Gasteiger partial charge in [0.1, 0.15) is 12.1 Å². The predicted molar refractivity (Wildman–Crippen MR) is 154 cm³/mol. The molecule has 3 rings (SSSR count). The van der Waals surface area contributed by atoms with E-state index in [1.165, 1.54) is 12.0 Å². The molecule has 11 nitrogen and oxygen atoms in total. The Hall–Kier alpha value is -4.06. The normalized spacial score (nSPS) is 13.3. The molecule has 0 bridgehead atoms. The molecule has 0 spiro atoms. The number of ether oxygens (including phenoxy) is 1. The van der Waals surface area contributed by atoms with Crippen molar-refractivity contribution < 1.29 is 38.9 Å². The maximum atomic E-state index is 13.3. The smallest absolute Gasteiger partial charge is 0.410 e. The lowest BCUT2D eigenvalue weighted by atomic mass is 10.0. The van der Waals surface area contributed by atoms with Crippen LogP contribution in [0, 0.1) is 0 Å². The molecule has 2 atom stereocenters. The van der Waals surface area contributed by atoms with Crippen molar-refractivity contribution in [2.45, 2.75) is 56.7 Å². The summed E-state index contributed by atoms with van der Waals surface area (Å²) in [5, 5.41) is 23.1. The average molecular weight is 586 g/mol. The Balaban J connectivity index is 1.56. The van der Waals surface area contributed by atoms with E-state index in [1.54, 1.807) is 0 Å². The lowest BCUT2D eigenvalue weighted by Gasteiger charge is -2.34. The van der Waals surface area contributed by atoms with Gasteiger partial charge in [0.15, 0.2) is 0 Å². The van der Waals surface area contributed by atoms with Gasteiger partial charge in [0.25, 0.3) is 0 Å². The summed E-state index contributed by atoms with van der Waals surface area (Å²) in [4.78, 5) is 61.8. The second-order valence-corrected chi connectivity index (χ2v) is 10.0. The van der Waals surface area contributed by atoms with Crippen molar-refractivity contribution in [3.8, 4) is 11.1 Å². The molecule has 2 aromatic rings. The van der Waals surface area contributed by atoms with E-state index in [9.17, 15) is 24.0 Å². The summed E-state index contributed by atoms with van der Waals surface area (Å²) in [5.74, 6) is -3.22. The number of hydrogen-bond donors (Lipinski definition) is 5. The monoisotopic (exact) mass is 585 g/mol. The fraction of sp³-hybridized carbons (Fsp3) is 0.414. The van der Waals surface area contributed by atoms with Crippen LogP contribution in [-0.2, 0) is 23.9 Å². The van der Waals surface area contributed by atoms with Crippen LogP contribution in [0.15, 0.2) is 48.5 Å². The van der Waals surface area contributed by atoms with Crippen LogP contribution in [0.4, 0.5) is 4.79 Å². The number of hydrogen-bond acceptors (Lipinski definition) is 7. The number of nitrogens with one attached hydrogen (secondary N) is 2. The zero-order chi connectivity index (χ0) is 29.9. The van der Waals surface area contributed by atoms with Gasteiger partial charge in [-0.05, 0) is 41.5 Å². The summed E-state index contributed by atoms with van der Waals surface area (Å²) >= 11 is 4.40. The molecule has 1 aliphatic carbocycles. The fourth-order valence-corrected chi connectivity index (χ4v) is 5.29. The van der Waals surface area contributed by atoms with Crippen molar-refractivity contribution in [2.75, 3.05) is 19.4 Å². The maximum absolute atomic E-state index is 13.3. The molecule has 4 N–H and O–H groups in total.